The maximum absolute atomic E-state index is 12.4. The molecule has 2 heterocycles. The van der Waals surface area contributed by atoms with E-state index in [2.05, 4.69) is 17.2 Å². The lowest BCUT2D eigenvalue weighted by atomic mass is 9.95. The lowest BCUT2D eigenvalue weighted by molar-refractivity contribution is 0.0927. The van der Waals surface area contributed by atoms with Crippen molar-refractivity contribution in [2.75, 3.05) is 0 Å². The highest BCUT2D eigenvalue weighted by Gasteiger charge is 2.16. The first-order valence-corrected chi connectivity index (χ1v) is 9.65. The first-order chi connectivity index (χ1) is 13.2. The van der Waals surface area contributed by atoms with Gasteiger partial charge in [0, 0.05) is 24.0 Å². The second-order valence-corrected chi connectivity index (χ2v) is 7.33. The predicted octanol–water partition coefficient (Wildman–Crippen LogP) is 4.28. The Balaban J connectivity index is 1.34. The summed E-state index contributed by atoms with van der Waals surface area (Å²) in [6, 6.07) is 11.7. The molecule has 0 radical (unpaired) electrons. The van der Waals surface area contributed by atoms with Crippen LogP contribution in [0.2, 0.25) is 0 Å². The van der Waals surface area contributed by atoms with E-state index in [1.54, 1.807) is 0 Å². The summed E-state index contributed by atoms with van der Waals surface area (Å²) >= 11 is 0. The van der Waals surface area contributed by atoms with E-state index in [-0.39, 0.29) is 5.91 Å². The number of aryl methyl sites for hydroxylation is 1. The number of fused-ring (bicyclic) bond motifs is 1. The first kappa shape index (κ1) is 17.6. The highest BCUT2D eigenvalue weighted by molar-refractivity contribution is 5.94. The molecule has 0 unspecified atom stereocenters. The van der Waals surface area contributed by atoms with E-state index >= 15 is 0 Å². The lowest BCUT2D eigenvalue weighted by Crippen LogP contribution is -2.36. The topological polar surface area (TPSA) is 55.6 Å². The number of rotatable bonds is 5. The molecule has 3 aromatic rings. The number of ether oxygens (including phenoxy) is 1. The summed E-state index contributed by atoms with van der Waals surface area (Å²) in [6.45, 7) is 2.45. The quantitative estimate of drug-likeness (QED) is 0.736. The van der Waals surface area contributed by atoms with Gasteiger partial charge in [-0.15, -0.1) is 0 Å². The van der Waals surface area contributed by atoms with Gasteiger partial charge in [-0.1, -0.05) is 25.3 Å². The predicted molar refractivity (Wildman–Crippen MR) is 105 cm³/mol. The van der Waals surface area contributed by atoms with Gasteiger partial charge in [-0.05, 0) is 55.7 Å². The van der Waals surface area contributed by atoms with Gasteiger partial charge in [0.25, 0.3) is 5.91 Å². The molecule has 1 aliphatic carbocycles. The molecule has 0 aliphatic heterocycles. The minimum Gasteiger partial charge on any atom is -0.487 e. The van der Waals surface area contributed by atoms with Crippen LogP contribution in [-0.4, -0.2) is 21.3 Å². The van der Waals surface area contributed by atoms with Gasteiger partial charge in [0.1, 0.15) is 18.0 Å². The normalized spacial score (nSPS) is 15.0. The van der Waals surface area contributed by atoms with Crippen LogP contribution in [0.1, 0.15) is 53.7 Å². The van der Waals surface area contributed by atoms with Crippen LogP contribution in [0.15, 0.2) is 48.8 Å². The molecule has 0 bridgehead atoms. The second kappa shape index (κ2) is 7.82. The fraction of sp³-hybridized carbons (Fsp3) is 0.364. The second-order valence-electron chi connectivity index (χ2n) is 7.33. The highest BCUT2D eigenvalue weighted by atomic mass is 16.5. The third-order valence-corrected chi connectivity index (χ3v) is 5.09. The number of carbonyl (C=O) groups is 1. The first-order valence-electron chi connectivity index (χ1n) is 9.65. The van der Waals surface area contributed by atoms with Crippen molar-refractivity contribution >= 4 is 11.6 Å². The summed E-state index contributed by atoms with van der Waals surface area (Å²) in [4.78, 5) is 16.9. The Labute approximate surface area is 159 Å². The van der Waals surface area contributed by atoms with Crippen molar-refractivity contribution in [1.82, 2.24) is 14.7 Å². The maximum Gasteiger partial charge on any atom is 0.251 e. The number of carbonyl (C=O) groups excluding carboxylic acids is 1. The summed E-state index contributed by atoms with van der Waals surface area (Å²) in [6.07, 6.45) is 9.90. The van der Waals surface area contributed by atoms with E-state index in [0.29, 0.717) is 18.2 Å². The molecule has 0 saturated heterocycles. The van der Waals surface area contributed by atoms with Crippen LogP contribution in [0.5, 0.6) is 5.75 Å². The van der Waals surface area contributed by atoms with Crippen LogP contribution >= 0.6 is 0 Å². The van der Waals surface area contributed by atoms with Crippen molar-refractivity contribution in [2.45, 2.75) is 51.7 Å². The Kier molecular flexibility index (Phi) is 5.10. The van der Waals surface area contributed by atoms with Crippen molar-refractivity contribution in [2.24, 2.45) is 0 Å². The molecule has 27 heavy (non-hydrogen) atoms. The van der Waals surface area contributed by atoms with E-state index in [0.717, 1.165) is 29.9 Å². The van der Waals surface area contributed by atoms with Crippen LogP contribution in [-0.2, 0) is 6.61 Å². The largest absolute Gasteiger partial charge is 0.487 e. The number of hydrogen-bond acceptors (Lipinski definition) is 3. The monoisotopic (exact) mass is 363 g/mol. The number of hydrogen-bond donors (Lipinski definition) is 1. The van der Waals surface area contributed by atoms with Gasteiger partial charge in [0.15, 0.2) is 0 Å². The van der Waals surface area contributed by atoms with Crippen LogP contribution in [0.4, 0.5) is 0 Å². The molecule has 5 nitrogen and oxygen atoms in total. The van der Waals surface area contributed by atoms with Gasteiger partial charge < -0.3 is 14.5 Å². The smallest absolute Gasteiger partial charge is 0.251 e. The van der Waals surface area contributed by atoms with Crippen LogP contribution < -0.4 is 10.1 Å². The molecular formula is C22H25N3O2. The van der Waals surface area contributed by atoms with E-state index in [9.17, 15) is 4.79 Å². The third kappa shape index (κ3) is 4.30. The van der Waals surface area contributed by atoms with Gasteiger partial charge in [0.2, 0.25) is 0 Å². The zero-order valence-electron chi connectivity index (χ0n) is 15.6. The molecule has 1 fully saturated rings. The fourth-order valence-corrected chi connectivity index (χ4v) is 3.60. The molecule has 1 aliphatic rings. The Morgan fingerprint density at radius 2 is 1.89 bits per heavy atom. The lowest BCUT2D eigenvalue weighted by Gasteiger charge is -2.22. The van der Waals surface area contributed by atoms with E-state index in [4.69, 9.17) is 4.74 Å². The molecule has 2 aromatic heterocycles. The van der Waals surface area contributed by atoms with Gasteiger partial charge in [0.05, 0.1) is 5.69 Å². The van der Waals surface area contributed by atoms with Crippen molar-refractivity contribution in [3.63, 3.8) is 0 Å². The minimum absolute atomic E-state index is 0.00386. The molecule has 5 heteroatoms. The number of benzene rings is 1. The van der Waals surface area contributed by atoms with Gasteiger partial charge >= 0.3 is 0 Å². The van der Waals surface area contributed by atoms with Crippen molar-refractivity contribution in [3.8, 4) is 5.75 Å². The number of imidazole rings is 1. The summed E-state index contributed by atoms with van der Waals surface area (Å²) in [5, 5.41) is 3.14. The molecule has 1 amide bonds. The molecule has 0 atom stereocenters. The molecule has 1 aromatic carbocycles. The summed E-state index contributed by atoms with van der Waals surface area (Å²) in [7, 11) is 0. The number of amides is 1. The highest BCUT2D eigenvalue weighted by Crippen LogP contribution is 2.19. The number of pyridine rings is 1. The summed E-state index contributed by atoms with van der Waals surface area (Å²) in [5.74, 6) is 0.738. The molecule has 1 saturated carbocycles. The zero-order chi connectivity index (χ0) is 18.6. The Hall–Kier alpha value is -2.82. The van der Waals surface area contributed by atoms with E-state index < -0.39 is 0 Å². The number of nitrogens with one attached hydrogen (secondary N) is 1. The van der Waals surface area contributed by atoms with Crippen LogP contribution in [0.25, 0.3) is 5.65 Å². The third-order valence-electron chi connectivity index (χ3n) is 5.09. The molecule has 1 N–H and O–H groups in total. The maximum atomic E-state index is 12.4. The summed E-state index contributed by atoms with van der Waals surface area (Å²) < 4.78 is 7.84. The zero-order valence-corrected chi connectivity index (χ0v) is 15.6. The molecule has 0 spiro atoms. The van der Waals surface area contributed by atoms with Crippen LogP contribution in [0, 0.1) is 6.92 Å². The van der Waals surface area contributed by atoms with Gasteiger partial charge in [-0.3, -0.25) is 4.79 Å². The Bertz CT molecular complexity index is 924. The van der Waals surface area contributed by atoms with E-state index in [1.165, 1.54) is 24.8 Å². The summed E-state index contributed by atoms with van der Waals surface area (Å²) in [5.41, 5.74) is 3.65. The minimum atomic E-state index is 0.00386. The van der Waals surface area contributed by atoms with Gasteiger partial charge in [-0.25, -0.2) is 4.98 Å². The molecular weight excluding hydrogens is 338 g/mol. The Morgan fingerprint density at radius 3 is 2.67 bits per heavy atom. The van der Waals surface area contributed by atoms with Crippen molar-refractivity contribution < 1.29 is 9.53 Å². The average molecular weight is 363 g/mol. The number of nitrogens with zero attached hydrogens (tertiary/aromatic N) is 2. The van der Waals surface area contributed by atoms with Crippen molar-refractivity contribution in [1.29, 1.82) is 0 Å². The fourth-order valence-electron chi connectivity index (χ4n) is 3.60. The standard InChI is InChI=1S/C22H25N3O2/c1-16-7-12-21-23-19(14-25(21)13-16)15-27-20-10-8-17(9-11-20)22(26)24-18-5-3-2-4-6-18/h7-14,18H,2-6,15H2,1H3,(H,24,26). The van der Waals surface area contributed by atoms with Crippen LogP contribution in [0.3, 0.4) is 0 Å². The molecule has 140 valence electrons. The SMILES string of the molecule is Cc1ccc2nc(COc3ccc(C(=O)NC4CCCCC4)cc3)cn2c1. The number of aromatic nitrogens is 2. The van der Waals surface area contributed by atoms with Gasteiger partial charge in [-0.2, -0.15) is 0 Å². The average Bonchev–Trinajstić information content (AvgIpc) is 3.09. The van der Waals surface area contributed by atoms with E-state index in [1.807, 2.05) is 53.2 Å². The molecule has 4 rings (SSSR count). The Morgan fingerprint density at radius 1 is 1.11 bits per heavy atom. The van der Waals surface area contributed by atoms with Crippen molar-refractivity contribution in [3.05, 3.63) is 65.6 Å².